The van der Waals surface area contributed by atoms with E-state index in [1.54, 1.807) is 0 Å². The van der Waals surface area contributed by atoms with Gasteiger partial charge >= 0.3 is 5.69 Å². The summed E-state index contributed by atoms with van der Waals surface area (Å²) >= 11 is 3.43. The van der Waals surface area contributed by atoms with Crippen molar-refractivity contribution in [2.75, 3.05) is 18.0 Å². The summed E-state index contributed by atoms with van der Waals surface area (Å²) in [5.41, 5.74) is 7.39. The number of hydrogen-bond acceptors (Lipinski definition) is 5. The largest absolute Gasteiger partial charge is 0.365 e. The number of benzene rings is 1. The van der Waals surface area contributed by atoms with Gasteiger partial charge in [-0.2, -0.15) is 0 Å². The lowest BCUT2D eigenvalue weighted by molar-refractivity contribution is -0.384. The van der Waals surface area contributed by atoms with Crippen LogP contribution in [0.3, 0.4) is 0 Å². The molecule has 1 aromatic carbocycles. The lowest BCUT2D eigenvalue weighted by Crippen LogP contribution is -2.40. The fourth-order valence-corrected chi connectivity index (χ4v) is 3.09. The smallest absolute Gasteiger partial charge is 0.311 e. The Bertz CT molecular complexity index is 699. The number of halogens is 1. The Morgan fingerprint density at radius 3 is 2.76 bits per heavy atom. The first-order valence-corrected chi connectivity index (χ1v) is 7.59. The number of nitrogens with two attached hydrogens (primary N) is 1. The van der Waals surface area contributed by atoms with Gasteiger partial charge in [0.2, 0.25) is 0 Å². The number of pyridine rings is 1. The van der Waals surface area contributed by atoms with Gasteiger partial charge in [0.1, 0.15) is 11.9 Å². The van der Waals surface area contributed by atoms with Gasteiger partial charge in [-0.25, -0.2) is 4.98 Å². The van der Waals surface area contributed by atoms with Crippen LogP contribution in [0.2, 0.25) is 0 Å². The van der Waals surface area contributed by atoms with Crippen LogP contribution >= 0.6 is 15.9 Å². The molecule has 1 aliphatic heterocycles. The molecule has 2 N–H and O–H groups in total. The molecular formula is C14H15BrN4O2. The number of piperidine rings is 1. The van der Waals surface area contributed by atoms with Crippen LogP contribution in [0.4, 0.5) is 11.4 Å². The first-order valence-electron chi connectivity index (χ1n) is 6.79. The molecule has 0 spiro atoms. The van der Waals surface area contributed by atoms with Crippen molar-refractivity contribution in [2.24, 2.45) is 5.73 Å². The van der Waals surface area contributed by atoms with Crippen LogP contribution in [0.5, 0.6) is 0 Å². The van der Waals surface area contributed by atoms with E-state index in [2.05, 4.69) is 25.8 Å². The zero-order valence-electron chi connectivity index (χ0n) is 11.3. The van der Waals surface area contributed by atoms with E-state index < -0.39 is 0 Å². The Morgan fingerprint density at radius 2 is 2.10 bits per heavy atom. The summed E-state index contributed by atoms with van der Waals surface area (Å²) in [6.07, 6.45) is 3.03. The third-order valence-electron chi connectivity index (χ3n) is 3.83. The van der Waals surface area contributed by atoms with Crippen LogP contribution in [0.25, 0.3) is 10.9 Å². The first-order chi connectivity index (χ1) is 10.1. The molecule has 0 atom stereocenters. The molecule has 0 bridgehead atoms. The Balaban J connectivity index is 2.18. The molecule has 0 saturated carbocycles. The maximum Gasteiger partial charge on any atom is 0.311 e. The third kappa shape index (κ3) is 2.71. The fraction of sp³-hybridized carbons (Fsp3) is 0.357. The fourth-order valence-electron chi connectivity index (χ4n) is 2.73. The monoisotopic (exact) mass is 350 g/mol. The third-order valence-corrected chi connectivity index (χ3v) is 4.33. The zero-order valence-corrected chi connectivity index (χ0v) is 12.9. The number of nitrogens with zero attached hydrogens (tertiary/aromatic N) is 3. The molecule has 0 amide bonds. The van der Waals surface area contributed by atoms with Crippen LogP contribution in [0.15, 0.2) is 28.9 Å². The van der Waals surface area contributed by atoms with Crippen molar-refractivity contribution in [1.29, 1.82) is 0 Å². The highest BCUT2D eigenvalue weighted by Gasteiger charge is 2.26. The number of rotatable bonds is 2. The summed E-state index contributed by atoms with van der Waals surface area (Å²) in [5, 5.41) is 12.2. The van der Waals surface area contributed by atoms with Gasteiger partial charge in [0.15, 0.2) is 0 Å². The standard InChI is InChI=1S/C14H15BrN4O2/c15-9-1-2-12-11(7-9)14(13(8-17-12)19(20)21)18-5-3-10(16)4-6-18/h1-2,7-8,10H,3-6,16H2. The molecule has 110 valence electrons. The van der Waals surface area contributed by atoms with E-state index >= 15 is 0 Å². The van der Waals surface area contributed by atoms with E-state index in [-0.39, 0.29) is 16.7 Å². The SMILES string of the molecule is NC1CCN(c2c([N+](=O)[O-])cnc3ccc(Br)cc23)CC1. The summed E-state index contributed by atoms with van der Waals surface area (Å²) in [5.74, 6) is 0. The van der Waals surface area contributed by atoms with E-state index in [9.17, 15) is 10.1 Å². The molecule has 0 radical (unpaired) electrons. The van der Waals surface area contributed by atoms with E-state index in [0.29, 0.717) is 5.69 Å². The highest BCUT2D eigenvalue weighted by molar-refractivity contribution is 9.10. The minimum absolute atomic E-state index is 0.0519. The minimum atomic E-state index is -0.364. The molecule has 0 unspecified atom stereocenters. The van der Waals surface area contributed by atoms with Gasteiger partial charge in [-0.3, -0.25) is 10.1 Å². The van der Waals surface area contributed by atoms with Crippen LogP contribution in [0, 0.1) is 10.1 Å². The summed E-state index contributed by atoms with van der Waals surface area (Å²) in [6, 6.07) is 5.82. The lowest BCUT2D eigenvalue weighted by Gasteiger charge is -2.32. The number of hydrogen-bond donors (Lipinski definition) is 1. The number of anilines is 1. The number of nitro groups is 1. The van der Waals surface area contributed by atoms with Gasteiger partial charge in [-0.15, -0.1) is 0 Å². The maximum atomic E-state index is 11.4. The molecule has 2 aromatic rings. The van der Waals surface area contributed by atoms with Gasteiger partial charge < -0.3 is 10.6 Å². The molecule has 2 heterocycles. The van der Waals surface area contributed by atoms with Crippen molar-refractivity contribution >= 4 is 38.2 Å². The Hall–Kier alpha value is -1.73. The molecule has 1 aromatic heterocycles. The predicted molar refractivity (Wildman–Crippen MR) is 85.5 cm³/mol. The van der Waals surface area contributed by atoms with E-state index in [0.717, 1.165) is 41.3 Å². The molecule has 7 heteroatoms. The van der Waals surface area contributed by atoms with Crippen LogP contribution in [-0.4, -0.2) is 29.0 Å². The van der Waals surface area contributed by atoms with Gasteiger partial charge in [0.25, 0.3) is 0 Å². The second-order valence-electron chi connectivity index (χ2n) is 5.24. The topological polar surface area (TPSA) is 85.3 Å². The highest BCUT2D eigenvalue weighted by atomic mass is 79.9. The van der Waals surface area contributed by atoms with Crippen LogP contribution in [-0.2, 0) is 0 Å². The van der Waals surface area contributed by atoms with Gasteiger partial charge in [0.05, 0.1) is 10.4 Å². The van der Waals surface area contributed by atoms with Gasteiger partial charge in [-0.05, 0) is 31.0 Å². The normalized spacial score (nSPS) is 16.4. The second-order valence-corrected chi connectivity index (χ2v) is 6.15. The molecular weight excluding hydrogens is 336 g/mol. The van der Waals surface area contributed by atoms with Gasteiger partial charge in [0, 0.05) is 29.0 Å². The Morgan fingerprint density at radius 1 is 1.38 bits per heavy atom. The van der Waals surface area contributed by atoms with Crippen molar-refractivity contribution in [3.05, 3.63) is 39.0 Å². The molecule has 0 aliphatic carbocycles. The minimum Gasteiger partial charge on any atom is -0.365 e. The lowest BCUT2D eigenvalue weighted by atomic mass is 10.0. The molecule has 3 rings (SSSR count). The van der Waals surface area contributed by atoms with Gasteiger partial charge in [-0.1, -0.05) is 15.9 Å². The number of fused-ring (bicyclic) bond motifs is 1. The zero-order chi connectivity index (χ0) is 15.0. The summed E-state index contributed by atoms with van der Waals surface area (Å²) < 4.78 is 0.882. The van der Waals surface area contributed by atoms with E-state index in [1.165, 1.54) is 6.20 Å². The van der Waals surface area contributed by atoms with E-state index in [1.807, 2.05) is 18.2 Å². The molecule has 1 aliphatic rings. The summed E-state index contributed by atoms with van der Waals surface area (Å²) in [6.45, 7) is 1.46. The summed E-state index contributed by atoms with van der Waals surface area (Å²) in [4.78, 5) is 17.2. The summed E-state index contributed by atoms with van der Waals surface area (Å²) in [7, 11) is 0. The first kappa shape index (κ1) is 14.2. The molecule has 1 fully saturated rings. The predicted octanol–water partition coefficient (Wildman–Crippen LogP) is 2.83. The van der Waals surface area contributed by atoms with Crippen molar-refractivity contribution in [2.45, 2.75) is 18.9 Å². The number of aromatic nitrogens is 1. The van der Waals surface area contributed by atoms with Crippen molar-refractivity contribution in [1.82, 2.24) is 4.98 Å². The average molecular weight is 351 g/mol. The highest BCUT2D eigenvalue weighted by Crippen LogP contribution is 2.37. The average Bonchev–Trinajstić information content (AvgIpc) is 2.47. The van der Waals surface area contributed by atoms with Crippen LogP contribution < -0.4 is 10.6 Å². The van der Waals surface area contributed by atoms with E-state index in [4.69, 9.17) is 5.73 Å². The second kappa shape index (κ2) is 5.57. The quantitative estimate of drug-likeness (QED) is 0.664. The van der Waals surface area contributed by atoms with Crippen LogP contribution in [0.1, 0.15) is 12.8 Å². The molecule has 21 heavy (non-hydrogen) atoms. The molecule has 1 saturated heterocycles. The Labute approximate surface area is 130 Å². The Kier molecular flexibility index (Phi) is 3.77. The van der Waals surface area contributed by atoms with Crippen molar-refractivity contribution in [3.63, 3.8) is 0 Å². The molecule has 6 nitrogen and oxygen atoms in total. The van der Waals surface area contributed by atoms with Crippen molar-refractivity contribution in [3.8, 4) is 0 Å². The van der Waals surface area contributed by atoms with Crippen molar-refractivity contribution < 1.29 is 4.92 Å². The maximum absolute atomic E-state index is 11.4.